The predicted molar refractivity (Wildman–Crippen MR) is 113 cm³/mol. The molecule has 3 heterocycles. The van der Waals surface area contributed by atoms with E-state index in [-0.39, 0.29) is 25.1 Å². The standard InChI is InChI=1S/C19H22N6O4S/c1-28-13-3-2-4-14(7-13)29-10-15(27)25-6-5-24(8-12(25)9-26)17-16-18(30-11-21-16)23-19(20)22-17/h2-4,7,11-12,26H,5-6,8-10H2,1H3,(H2,20,22,23). The zero-order valence-corrected chi connectivity index (χ0v) is 17.2. The number of nitrogens with zero attached hydrogens (tertiary/aromatic N) is 5. The van der Waals surface area contributed by atoms with Crippen LogP contribution >= 0.6 is 11.3 Å². The van der Waals surface area contributed by atoms with Crippen LogP contribution in [-0.2, 0) is 4.79 Å². The maximum atomic E-state index is 12.7. The van der Waals surface area contributed by atoms with E-state index < -0.39 is 6.04 Å². The molecule has 1 saturated heterocycles. The topological polar surface area (TPSA) is 127 Å². The van der Waals surface area contributed by atoms with Gasteiger partial charge in [0, 0.05) is 25.7 Å². The minimum atomic E-state index is -0.398. The summed E-state index contributed by atoms with van der Waals surface area (Å²) in [4.78, 5) is 30.0. The highest BCUT2D eigenvalue weighted by Crippen LogP contribution is 2.28. The number of anilines is 2. The third-order valence-electron chi connectivity index (χ3n) is 4.91. The van der Waals surface area contributed by atoms with Crippen LogP contribution in [0.2, 0.25) is 0 Å². The summed E-state index contributed by atoms with van der Waals surface area (Å²) in [6.07, 6.45) is 0. The number of carbonyl (C=O) groups is 1. The number of hydrogen-bond donors (Lipinski definition) is 2. The van der Waals surface area contributed by atoms with Crippen LogP contribution in [0.5, 0.6) is 11.5 Å². The van der Waals surface area contributed by atoms with E-state index in [1.807, 2.05) is 4.90 Å². The molecule has 1 aliphatic heterocycles. The Hall–Kier alpha value is -3.18. The fraction of sp³-hybridized carbons (Fsp3) is 0.368. The van der Waals surface area contributed by atoms with Crippen molar-refractivity contribution in [2.45, 2.75) is 6.04 Å². The summed E-state index contributed by atoms with van der Waals surface area (Å²) in [7, 11) is 1.57. The van der Waals surface area contributed by atoms with Gasteiger partial charge in [-0.05, 0) is 12.1 Å². The second-order valence-electron chi connectivity index (χ2n) is 6.75. The third-order valence-corrected chi connectivity index (χ3v) is 5.63. The Kier molecular flexibility index (Phi) is 5.81. The summed E-state index contributed by atoms with van der Waals surface area (Å²) in [6, 6.07) is 6.67. The van der Waals surface area contributed by atoms with Gasteiger partial charge >= 0.3 is 0 Å². The molecule has 0 spiro atoms. The van der Waals surface area contributed by atoms with Crippen LogP contribution in [0.1, 0.15) is 0 Å². The van der Waals surface area contributed by atoms with Crippen molar-refractivity contribution in [3.63, 3.8) is 0 Å². The number of amides is 1. The Labute approximate surface area is 176 Å². The molecule has 1 amide bonds. The average molecular weight is 430 g/mol. The number of ether oxygens (including phenoxy) is 2. The van der Waals surface area contributed by atoms with Crippen molar-refractivity contribution >= 4 is 39.4 Å². The number of aliphatic hydroxyl groups is 1. The monoisotopic (exact) mass is 430 g/mol. The first-order chi connectivity index (χ1) is 14.6. The Morgan fingerprint density at radius 3 is 2.97 bits per heavy atom. The first-order valence-corrected chi connectivity index (χ1v) is 10.3. The van der Waals surface area contributed by atoms with Gasteiger partial charge in [-0.15, -0.1) is 11.3 Å². The molecule has 0 aliphatic carbocycles. The van der Waals surface area contributed by atoms with Crippen LogP contribution in [0.3, 0.4) is 0 Å². The predicted octanol–water partition coefficient (Wildman–Crippen LogP) is 0.766. The number of thiazole rings is 1. The number of nitrogen functional groups attached to an aromatic ring is 1. The highest BCUT2D eigenvalue weighted by atomic mass is 32.1. The van der Waals surface area contributed by atoms with Gasteiger partial charge in [-0.3, -0.25) is 4.79 Å². The lowest BCUT2D eigenvalue weighted by atomic mass is 10.1. The van der Waals surface area contributed by atoms with Gasteiger partial charge in [0.15, 0.2) is 17.3 Å². The van der Waals surface area contributed by atoms with Crippen molar-refractivity contribution in [2.24, 2.45) is 0 Å². The smallest absolute Gasteiger partial charge is 0.260 e. The molecule has 0 bridgehead atoms. The highest BCUT2D eigenvalue weighted by molar-refractivity contribution is 7.16. The molecule has 3 N–H and O–H groups in total. The van der Waals surface area contributed by atoms with Crippen molar-refractivity contribution in [3.05, 3.63) is 29.8 Å². The molecule has 4 rings (SSSR count). The Balaban J connectivity index is 1.44. The van der Waals surface area contributed by atoms with E-state index in [0.29, 0.717) is 47.3 Å². The zero-order chi connectivity index (χ0) is 21.1. The number of nitrogens with two attached hydrogens (primary N) is 1. The maximum Gasteiger partial charge on any atom is 0.260 e. The van der Waals surface area contributed by atoms with Crippen LogP contribution in [0.25, 0.3) is 10.3 Å². The molecule has 11 heteroatoms. The fourth-order valence-corrected chi connectivity index (χ4v) is 4.09. The lowest BCUT2D eigenvalue weighted by molar-refractivity contribution is -0.137. The number of rotatable bonds is 6. The van der Waals surface area contributed by atoms with Gasteiger partial charge < -0.3 is 30.1 Å². The lowest BCUT2D eigenvalue weighted by Crippen LogP contribution is -2.58. The molecule has 1 aromatic carbocycles. The molecule has 158 valence electrons. The van der Waals surface area contributed by atoms with Crippen LogP contribution in [-0.4, -0.2) is 76.9 Å². The van der Waals surface area contributed by atoms with Crippen molar-refractivity contribution in [1.82, 2.24) is 19.9 Å². The minimum Gasteiger partial charge on any atom is -0.497 e. The lowest BCUT2D eigenvalue weighted by Gasteiger charge is -2.41. The molecule has 0 saturated carbocycles. The number of carbonyl (C=O) groups excluding carboxylic acids is 1. The molecule has 3 aromatic rings. The number of benzene rings is 1. The molecular weight excluding hydrogens is 408 g/mol. The number of piperazine rings is 1. The van der Waals surface area contributed by atoms with E-state index in [1.165, 1.54) is 11.3 Å². The second kappa shape index (κ2) is 8.67. The molecule has 1 unspecified atom stereocenters. The van der Waals surface area contributed by atoms with Gasteiger partial charge in [-0.1, -0.05) is 6.07 Å². The van der Waals surface area contributed by atoms with E-state index in [9.17, 15) is 9.90 Å². The van der Waals surface area contributed by atoms with Crippen molar-refractivity contribution < 1.29 is 19.4 Å². The number of hydrogen-bond acceptors (Lipinski definition) is 10. The summed E-state index contributed by atoms with van der Waals surface area (Å²) in [5, 5.41) is 9.91. The van der Waals surface area contributed by atoms with Gasteiger partial charge in [-0.25, -0.2) is 9.97 Å². The highest BCUT2D eigenvalue weighted by Gasteiger charge is 2.32. The fourth-order valence-electron chi connectivity index (χ4n) is 3.43. The average Bonchev–Trinajstić information content (AvgIpc) is 3.25. The van der Waals surface area contributed by atoms with Crippen molar-refractivity contribution in [3.8, 4) is 11.5 Å². The number of aromatic nitrogens is 3. The molecule has 0 radical (unpaired) electrons. The first-order valence-electron chi connectivity index (χ1n) is 9.38. The summed E-state index contributed by atoms with van der Waals surface area (Å²) in [5.74, 6) is 1.80. The van der Waals surface area contributed by atoms with Crippen molar-refractivity contribution in [1.29, 1.82) is 0 Å². The van der Waals surface area contributed by atoms with Crippen LogP contribution < -0.4 is 20.1 Å². The molecule has 30 heavy (non-hydrogen) atoms. The molecule has 1 aliphatic rings. The van der Waals surface area contributed by atoms with Crippen LogP contribution in [0, 0.1) is 0 Å². The van der Waals surface area contributed by atoms with E-state index in [4.69, 9.17) is 15.2 Å². The number of aliphatic hydroxyl groups excluding tert-OH is 1. The Morgan fingerprint density at radius 2 is 2.17 bits per heavy atom. The summed E-state index contributed by atoms with van der Waals surface area (Å²) in [6.45, 7) is 1.05. The molecule has 10 nitrogen and oxygen atoms in total. The second-order valence-corrected chi connectivity index (χ2v) is 7.58. The van der Waals surface area contributed by atoms with Crippen LogP contribution in [0.4, 0.5) is 11.8 Å². The summed E-state index contributed by atoms with van der Waals surface area (Å²) >= 11 is 1.39. The molecular formula is C19H22N6O4S. The summed E-state index contributed by atoms with van der Waals surface area (Å²) in [5.41, 5.74) is 8.21. The molecule has 1 fully saturated rings. The largest absolute Gasteiger partial charge is 0.497 e. The minimum absolute atomic E-state index is 0.125. The van der Waals surface area contributed by atoms with E-state index in [0.717, 1.165) is 0 Å². The zero-order valence-electron chi connectivity index (χ0n) is 16.4. The Bertz CT molecular complexity index is 1040. The summed E-state index contributed by atoms with van der Waals surface area (Å²) < 4.78 is 10.8. The molecule has 1 atom stereocenters. The number of fused-ring (bicyclic) bond motifs is 1. The van der Waals surface area contributed by atoms with Gasteiger partial charge in [0.25, 0.3) is 5.91 Å². The first kappa shape index (κ1) is 20.1. The maximum absolute atomic E-state index is 12.7. The van der Waals surface area contributed by atoms with Crippen molar-refractivity contribution in [2.75, 3.05) is 50.6 Å². The molecule has 2 aromatic heterocycles. The van der Waals surface area contributed by atoms with E-state index in [1.54, 1.807) is 41.8 Å². The van der Waals surface area contributed by atoms with Crippen LogP contribution in [0.15, 0.2) is 29.8 Å². The van der Waals surface area contributed by atoms with Gasteiger partial charge in [0.05, 0.1) is 25.3 Å². The van der Waals surface area contributed by atoms with Gasteiger partial charge in [-0.2, -0.15) is 4.98 Å². The third kappa shape index (κ3) is 4.07. The Morgan fingerprint density at radius 1 is 1.33 bits per heavy atom. The normalized spacial score (nSPS) is 16.7. The van der Waals surface area contributed by atoms with Gasteiger partial charge in [0.2, 0.25) is 5.95 Å². The van der Waals surface area contributed by atoms with E-state index >= 15 is 0 Å². The SMILES string of the molecule is COc1cccc(OCC(=O)N2CCN(c3nc(N)nc4scnc34)CC2CO)c1. The quantitative estimate of drug-likeness (QED) is 0.583. The number of methoxy groups -OCH3 is 1. The van der Waals surface area contributed by atoms with Gasteiger partial charge in [0.1, 0.15) is 17.0 Å². The van der Waals surface area contributed by atoms with E-state index in [2.05, 4.69) is 15.0 Å².